The second kappa shape index (κ2) is 8.34. The summed E-state index contributed by atoms with van der Waals surface area (Å²) in [5, 5.41) is 14.6. The van der Waals surface area contributed by atoms with Crippen LogP contribution in [0.3, 0.4) is 0 Å². The summed E-state index contributed by atoms with van der Waals surface area (Å²) in [4.78, 5) is 31.3. The molecule has 0 saturated carbocycles. The number of aryl methyl sites for hydroxylation is 3. The van der Waals surface area contributed by atoms with E-state index in [2.05, 4.69) is 26.1 Å². The fourth-order valence-electron chi connectivity index (χ4n) is 2.93. The molecule has 0 unspecified atom stereocenters. The van der Waals surface area contributed by atoms with Gasteiger partial charge in [-0.05, 0) is 55.7 Å². The van der Waals surface area contributed by atoms with Gasteiger partial charge >= 0.3 is 5.69 Å². The van der Waals surface area contributed by atoms with Crippen LogP contribution in [-0.4, -0.2) is 20.8 Å². The van der Waals surface area contributed by atoms with Gasteiger partial charge in [0.25, 0.3) is 5.91 Å². The van der Waals surface area contributed by atoms with E-state index in [9.17, 15) is 14.9 Å². The van der Waals surface area contributed by atoms with E-state index in [-0.39, 0.29) is 17.3 Å². The van der Waals surface area contributed by atoms with E-state index in [1.807, 2.05) is 38.1 Å². The summed E-state index contributed by atoms with van der Waals surface area (Å²) < 4.78 is 0. The summed E-state index contributed by atoms with van der Waals surface area (Å²) in [5.41, 5.74) is 8.52. The lowest BCUT2D eigenvalue weighted by Gasteiger charge is -2.12. The molecule has 1 amide bonds. The Hall–Kier alpha value is -4.01. The Morgan fingerprint density at radius 2 is 1.66 bits per heavy atom. The molecule has 0 aliphatic carbocycles. The molecule has 0 fully saturated rings. The molecule has 0 aliphatic heterocycles. The Kier molecular flexibility index (Phi) is 5.68. The molecule has 1 aromatic heterocycles. The molecule has 9 nitrogen and oxygen atoms in total. The van der Waals surface area contributed by atoms with E-state index in [0.717, 1.165) is 16.7 Å². The maximum Gasteiger partial charge on any atom is 0.355 e. The van der Waals surface area contributed by atoms with Crippen molar-refractivity contribution in [1.29, 1.82) is 0 Å². The Labute approximate surface area is 167 Å². The number of rotatable bonds is 6. The largest absolute Gasteiger partial charge is 0.355 e. The van der Waals surface area contributed by atoms with E-state index in [1.54, 1.807) is 25.1 Å². The third-order valence-electron chi connectivity index (χ3n) is 4.17. The van der Waals surface area contributed by atoms with Crippen molar-refractivity contribution >= 4 is 28.9 Å². The number of hydrogen-bond acceptors (Lipinski definition) is 7. The van der Waals surface area contributed by atoms with Crippen LogP contribution in [0.2, 0.25) is 0 Å². The van der Waals surface area contributed by atoms with Crippen LogP contribution in [0, 0.1) is 30.9 Å². The highest BCUT2D eigenvalue weighted by Crippen LogP contribution is 2.31. The van der Waals surface area contributed by atoms with Gasteiger partial charge in [0.1, 0.15) is 6.33 Å². The maximum absolute atomic E-state index is 12.4. The quantitative estimate of drug-likeness (QED) is 0.431. The number of amides is 1. The fourth-order valence-corrected chi connectivity index (χ4v) is 2.93. The van der Waals surface area contributed by atoms with Crippen molar-refractivity contribution in [3.8, 4) is 0 Å². The van der Waals surface area contributed by atoms with Crippen LogP contribution in [0.25, 0.3) is 0 Å². The lowest BCUT2D eigenvalue weighted by Crippen LogP contribution is -2.30. The monoisotopic (exact) mass is 392 g/mol. The summed E-state index contributed by atoms with van der Waals surface area (Å²) in [6.45, 7) is 5.66. The minimum atomic E-state index is -0.604. The molecule has 0 radical (unpaired) electrons. The van der Waals surface area contributed by atoms with Crippen LogP contribution in [0.15, 0.2) is 48.8 Å². The molecular weight excluding hydrogens is 372 g/mol. The average Bonchev–Trinajstić information content (AvgIpc) is 2.65. The normalized spacial score (nSPS) is 10.3. The van der Waals surface area contributed by atoms with Crippen molar-refractivity contribution in [2.45, 2.75) is 20.8 Å². The zero-order valence-corrected chi connectivity index (χ0v) is 16.2. The molecule has 29 heavy (non-hydrogen) atoms. The number of benzene rings is 2. The Bertz CT molecular complexity index is 1060. The minimum absolute atomic E-state index is 0.0163. The molecule has 2 aromatic carbocycles. The molecule has 3 aromatic rings. The van der Waals surface area contributed by atoms with Crippen LogP contribution >= 0.6 is 0 Å². The lowest BCUT2D eigenvalue weighted by molar-refractivity contribution is -0.383. The smallest absolute Gasteiger partial charge is 0.334 e. The van der Waals surface area contributed by atoms with Gasteiger partial charge < -0.3 is 5.32 Å². The minimum Gasteiger partial charge on any atom is -0.334 e. The van der Waals surface area contributed by atoms with Crippen LogP contribution in [-0.2, 0) is 0 Å². The molecule has 0 spiro atoms. The number of carbonyl (C=O) groups is 1. The molecule has 0 saturated heterocycles. The number of aromatic nitrogens is 2. The van der Waals surface area contributed by atoms with E-state index < -0.39 is 10.8 Å². The Morgan fingerprint density at radius 1 is 1.00 bits per heavy atom. The molecule has 3 rings (SSSR count). The second-order valence-corrected chi connectivity index (χ2v) is 6.57. The van der Waals surface area contributed by atoms with E-state index >= 15 is 0 Å². The van der Waals surface area contributed by atoms with Gasteiger partial charge in [-0.15, -0.1) is 0 Å². The predicted molar refractivity (Wildman–Crippen MR) is 110 cm³/mol. The lowest BCUT2D eigenvalue weighted by atomic mass is 10.1. The van der Waals surface area contributed by atoms with E-state index in [4.69, 9.17) is 0 Å². The zero-order valence-electron chi connectivity index (χ0n) is 16.2. The van der Waals surface area contributed by atoms with E-state index in [1.165, 1.54) is 6.33 Å². The number of hydrogen-bond donors (Lipinski definition) is 3. The summed E-state index contributed by atoms with van der Waals surface area (Å²) in [7, 11) is 0. The molecule has 0 atom stereocenters. The third kappa shape index (κ3) is 4.64. The number of nitrogens with one attached hydrogen (secondary N) is 3. The first-order valence-corrected chi connectivity index (χ1v) is 8.82. The standard InChI is InChI=1S/C20H20N6O3/c1-12-8-13(2)10-15(9-12)23-18-17(26(28)29)19(22-11-21-18)24-25-20(27)16-7-5-4-6-14(16)3/h4-11H,1-3H3,(H,25,27)(H2,21,22,23,24). The van der Waals surface area contributed by atoms with Gasteiger partial charge in [0.15, 0.2) is 0 Å². The molecule has 9 heteroatoms. The number of carbonyl (C=O) groups excluding carboxylic acids is 1. The van der Waals surface area contributed by atoms with Gasteiger partial charge in [0.2, 0.25) is 11.6 Å². The van der Waals surface area contributed by atoms with Crippen LogP contribution < -0.4 is 16.2 Å². The molecule has 0 bridgehead atoms. The van der Waals surface area contributed by atoms with Crippen LogP contribution in [0.4, 0.5) is 23.0 Å². The summed E-state index contributed by atoms with van der Waals surface area (Å²) in [6.07, 6.45) is 1.18. The van der Waals surface area contributed by atoms with Crippen LogP contribution in [0.5, 0.6) is 0 Å². The first-order chi connectivity index (χ1) is 13.8. The van der Waals surface area contributed by atoms with Crippen LogP contribution in [0.1, 0.15) is 27.0 Å². The number of anilines is 3. The van der Waals surface area contributed by atoms with Crippen molar-refractivity contribution in [2.75, 3.05) is 10.7 Å². The highest BCUT2D eigenvalue weighted by molar-refractivity contribution is 5.96. The van der Waals surface area contributed by atoms with E-state index in [0.29, 0.717) is 11.3 Å². The molecule has 3 N–H and O–H groups in total. The van der Waals surface area contributed by atoms with Crippen molar-refractivity contribution < 1.29 is 9.72 Å². The first-order valence-electron chi connectivity index (χ1n) is 8.82. The van der Waals surface area contributed by atoms with Gasteiger partial charge in [0.05, 0.1) is 4.92 Å². The average molecular weight is 392 g/mol. The summed E-state index contributed by atoms with van der Waals surface area (Å²) in [6, 6.07) is 12.7. The third-order valence-corrected chi connectivity index (χ3v) is 4.17. The predicted octanol–water partition coefficient (Wildman–Crippen LogP) is 3.81. The number of nitrogens with zero attached hydrogens (tertiary/aromatic N) is 3. The van der Waals surface area contributed by atoms with Crippen molar-refractivity contribution in [2.24, 2.45) is 0 Å². The van der Waals surface area contributed by atoms with Gasteiger partial charge in [-0.1, -0.05) is 24.3 Å². The highest BCUT2D eigenvalue weighted by Gasteiger charge is 2.24. The highest BCUT2D eigenvalue weighted by atomic mass is 16.6. The summed E-state index contributed by atoms with van der Waals surface area (Å²) >= 11 is 0. The molecule has 1 heterocycles. The van der Waals surface area contributed by atoms with Crippen molar-refractivity contribution in [3.05, 3.63) is 81.2 Å². The molecular formula is C20H20N6O3. The fraction of sp³-hybridized carbons (Fsp3) is 0.150. The molecule has 0 aliphatic rings. The maximum atomic E-state index is 12.4. The van der Waals surface area contributed by atoms with Crippen molar-refractivity contribution in [1.82, 2.24) is 15.4 Å². The topological polar surface area (TPSA) is 122 Å². The van der Waals surface area contributed by atoms with Gasteiger partial charge in [-0.2, -0.15) is 0 Å². The zero-order chi connectivity index (χ0) is 21.0. The van der Waals surface area contributed by atoms with Gasteiger partial charge in [-0.25, -0.2) is 9.97 Å². The molecule has 148 valence electrons. The van der Waals surface area contributed by atoms with Gasteiger partial charge in [-0.3, -0.25) is 25.8 Å². The number of nitro groups is 1. The van der Waals surface area contributed by atoms with Crippen molar-refractivity contribution in [3.63, 3.8) is 0 Å². The second-order valence-electron chi connectivity index (χ2n) is 6.57. The SMILES string of the molecule is Cc1cc(C)cc(Nc2ncnc(NNC(=O)c3ccccc3C)c2[N+](=O)[O-])c1. The Balaban J connectivity index is 1.86. The van der Waals surface area contributed by atoms with Gasteiger partial charge in [0, 0.05) is 11.3 Å². The number of hydrazine groups is 1. The Morgan fingerprint density at radius 3 is 2.31 bits per heavy atom. The summed E-state index contributed by atoms with van der Waals surface area (Å²) in [5.74, 6) is -0.540. The first kappa shape index (κ1) is 19.7.